The van der Waals surface area contributed by atoms with Crippen LogP contribution in [-0.4, -0.2) is 30.3 Å². The van der Waals surface area contributed by atoms with Gasteiger partial charge in [0.25, 0.3) is 0 Å². The molecule has 1 aliphatic heterocycles. The van der Waals surface area contributed by atoms with Gasteiger partial charge in [0, 0.05) is 30.1 Å². The summed E-state index contributed by atoms with van der Waals surface area (Å²) in [5.41, 5.74) is 1.15. The molecule has 0 spiro atoms. The fourth-order valence-electron chi connectivity index (χ4n) is 2.80. The molecule has 0 aliphatic carbocycles. The van der Waals surface area contributed by atoms with Crippen molar-refractivity contribution in [2.75, 3.05) is 13.2 Å². The molecule has 4 heteroatoms. The second-order valence-electron chi connectivity index (χ2n) is 5.80. The molecule has 3 nitrogen and oxygen atoms in total. The maximum atomic E-state index is 5.71. The Labute approximate surface area is 127 Å². The number of ether oxygens (including phenoxy) is 1. The number of nitrogens with zero attached hydrogens (tertiary/aromatic N) is 1. The van der Waals surface area contributed by atoms with Crippen LogP contribution in [0.2, 0.25) is 0 Å². The van der Waals surface area contributed by atoms with Crippen molar-refractivity contribution in [3.05, 3.63) is 16.1 Å². The molecule has 1 saturated heterocycles. The lowest BCUT2D eigenvalue weighted by Gasteiger charge is -2.18. The summed E-state index contributed by atoms with van der Waals surface area (Å²) in [4.78, 5) is 4.60. The van der Waals surface area contributed by atoms with Crippen molar-refractivity contribution in [2.45, 2.75) is 70.9 Å². The zero-order valence-corrected chi connectivity index (χ0v) is 13.7. The van der Waals surface area contributed by atoms with Gasteiger partial charge in [-0.05, 0) is 52.0 Å². The van der Waals surface area contributed by atoms with E-state index in [1.807, 2.05) is 0 Å². The van der Waals surface area contributed by atoms with E-state index in [2.05, 4.69) is 29.5 Å². The highest BCUT2D eigenvalue weighted by Crippen LogP contribution is 2.19. The number of aryl methyl sites for hydroxylation is 1. The minimum atomic E-state index is 0.531. The lowest BCUT2D eigenvalue weighted by atomic mass is 10.0. The van der Waals surface area contributed by atoms with E-state index in [-0.39, 0.29) is 0 Å². The Kier molecular flexibility index (Phi) is 6.97. The molecule has 0 bridgehead atoms. The van der Waals surface area contributed by atoms with Gasteiger partial charge in [0.2, 0.25) is 0 Å². The van der Waals surface area contributed by atoms with Gasteiger partial charge in [0.05, 0.1) is 11.1 Å². The standard InChI is InChI=1S/C16H28N2OS/c1-3-9-17-14(11-16-18-13(2)12-20-16)6-4-7-15-8-5-10-19-15/h12,14-15,17H,3-11H2,1-2H3. The molecular formula is C16H28N2OS. The Hall–Kier alpha value is -0.450. The van der Waals surface area contributed by atoms with Crippen molar-refractivity contribution >= 4 is 11.3 Å². The summed E-state index contributed by atoms with van der Waals surface area (Å²) in [6, 6.07) is 0.571. The van der Waals surface area contributed by atoms with Crippen LogP contribution >= 0.6 is 11.3 Å². The monoisotopic (exact) mass is 296 g/mol. The molecule has 0 radical (unpaired) electrons. The molecule has 2 atom stereocenters. The van der Waals surface area contributed by atoms with E-state index in [0.717, 1.165) is 25.3 Å². The average Bonchev–Trinajstić information content (AvgIpc) is 3.08. The summed E-state index contributed by atoms with van der Waals surface area (Å²) in [7, 11) is 0. The van der Waals surface area contributed by atoms with Gasteiger partial charge in [-0.1, -0.05) is 6.92 Å². The zero-order chi connectivity index (χ0) is 14.2. The summed E-state index contributed by atoms with van der Waals surface area (Å²) < 4.78 is 5.71. The quantitative estimate of drug-likeness (QED) is 0.754. The van der Waals surface area contributed by atoms with Crippen molar-refractivity contribution < 1.29 is 4.74 Å². The zero-order valence-electron chi connectivity index (χ0n) is 12.9. The Morgan fingerprint density at radius 1 is 1.55 bits per heavy atom. The minimum Gasteiger partial charge on any atom is -0.378 e. The third kappa shape index (κ3) is 5.51. The van der Waals surface area contributed by atoms with E-state index >= 15 is 0 Å². The molecule has 114 valence electrons. The lowest BCUT2D eigenvalue weighted by molar-refractivity contribution is 0.101. The second-order valence-corrected chi connectivity index (χ2v) is 6.75. The average molecular weight is 296 g/mol. The number of rotatable bonds is 9. The summed E-state index contributed by atoms with van der Waals surface area (Å²) in [6.07, 6.45) is 9.03. The van der Waals surface area contributed by atoms with Crippen LogP contribution < -0.4 is 5.32 Å². The van der Waals surface area contributed by atoms with Gasteiger partial charge in [-0.15, -0.1) is 11.3 Å². The highest BCUT2D eigenvalue weighted by molar-refractivity contribution is 7.09. The predicted molar refractivity (Wildman–Crippen MR) is 85.5 cm³/mol. The van der Waals surface area contributed by atoms with Crippen molar-refractivity contribution in [3.63, 3.8) is 0 Å². The summed E-state index contributed by atoms with van der Waals surface area (Å²) in [5, 5.41) is 7.10. The van der Waals surface area contributed by atoms with Crippen LogP contribution in [0.1, 0.15) is 56.2 Å². The molecule has 1 N–H and O–H groups in total. The molecule has 1 fully saturated rings. The van der Waals surface area contributed by atoms with Crippen molar-refractivity contribution in [1.82, 2.24) is 10.3 Å². The third-order valence-corrected chi connectivity index (χ3v) is 4.86. The van der Waals surface area contributed by atoms with Crippen LogP contribution in [0.15, 0.2) is 5.38 Å². The van der Waals surface area contributed by atoms with Gasteiger partial charge < -0.3 is 10.1 Å². The first-order valence-electron chi connectivity index (χ1n) is 8.04. The smallest absolute Gasteiger partial charge is 0.0943 e. The maximum Gasteiger partial charge on any atom is 0.0943 e. The molecular weight excluding hydrogens is 268 g/mol. The van der Waals surface area contributed by atoms with Gasteiger partial charge in [-0.3, -0.25) is 0 Å². The van der Waals surface area contributed by atoms with E-state index in [1.54, 1.807) is 11.3 Å². The number of hydrogen-bond acceptors (Lipinski definition) is 4. The maximum absolute atomic E-state index is 5.71. The first kappa shape index (κ1) is 15.9. The molecule has 2 heterocycles. The highest BCUT2D eigenvalue weighted by Gasteiger charge is 2.17. The van der Waals surface area contributed by atoms with E-state index in [9.17, 15) is 0 Å². The van der Waals surface area contributed by atoms with Crippen molar-refractivity contribution in [3.8, 4) is 0 Å². The fraction of sp³-hybridized carbons (Fsp3) is 0.812. The number of aromatic nitrogens is 1. The second kappa shape index (κ2) is 8.75. The van der Waals surface area contributed by atoms with E-state index < -0.39 is 0 Å². The largest absolute Gasteiger partial charge is 0.378 e. The number of nitrogens with one attached hydrogen (secondary N) is 1. The SMILES string of the molecule is CCCNC(CCCC1CCCO1)Cc1nc(C)cs1. The minimum absolute atomic E-state index is 0.531. The molecule has 2 unspecified atom stereocenters. The van der Waals surface area contributed by atoms with E-state index in [1.165, 1.54) is 43.5 Å². The molecule has 0 saturated carbocycles. The van der Waals surface area contributed by atoms with Crippen molar-refractivity contribution in [1.29, 1.82) is 0 Å². The predicted octanol–water partition coefficient (Wildman–Crippen LogP) is 3.71. The van der Waals surface area contributed by atoms with Crippen LogP contribution in [0.5, 0.6) is 0 Å². The highest BCUT2D eigenvalue weighted by atomic mass is 32.1. The van der Waals surface area contributed by atoms with Crippen molar-refractivity contribution in [2.24, 2.45) is 0 Å². The summed E-state index contributed by atoms with van der Waals surface area (Å²) in [6.45, 7) is 6.38. The molecule has 2 rings (SSSR count). The Morgan fingerprint density at radius 3 is 3.10 bits per heavy atom. The van der Waals surface area contributed by atoms with E-state index in [0.29, 0.717) is 12.1 Å². The first-order valence-corrected chi connectivity index (χ1v) is 8.92. The van der Waals surface area contributed by atoms with Gasteiger partial charge >= 0.3 is 0 Å². The molecule has 0 aromatic carbocycles. The molecule has 1 aromatic rings. The number of hydrogen-bond donors (Lipinski definition) is 1. The Morgan fingerprint density at radius 2 is 2.45 bits per heavy atom. The lowest BCUT2D eigenvalue weighted by Crippen LogP contribution is -2.32. The van der Waals surface area contributed by atoms with Crippen LogP contribution in [0, 0.1) is 6.92 Å². The van der Waals surface area contributed by atoms with Crippen LogP contribution in [-0.2, 0) is 11.2 Å². The van der Waals surface area contributed by atoms with Crippen LogP contribution in [0.25, 0.3) is 0 Å². The molecule has 1 aliphatic rings. The fourth-order valence-corrected chi connectivity index (χ4v) is 3.65. The molecule has 1 aromatic heterocycles. The van der Waals surface area contributed by atoms with Gasteiger partial charge in [0.15, 0.2) is 0 Å². The molecule has 20 heavy (non-hydrogen) atoms. The Bertz CT molecular complexity index is 374. The van der Waals surface area contributed by atoms with Gasteiger partial charge in [-0.25, -0.2) is 4.98 Å². The number of thiazole rings is 1. The van der Waals surface area contributed by atoms with E-state index in [4.69, 9.17) is 4.74 Å². The third-order valence-electron chi connectivity index (χ3n) is 3.87. The van der Waals surface area contributed by atoms with Crippen LogP contribution in [0.3, 0.4) is 0 Å². The van der Waals surface area contributed by atoms with Gasteiger partial charge in [0.1, 0.15) is 0 Å². The summed E-state index contributed by atoms with van der Waals surface area (Å²) >= 11 is 1.79. The first-order chi connectivity index (χ1) is 9.78. The topological polar surface area (TPSA) is 34.1 Å². The van der Waals surface area contributed by atoms with Crippen LogP contribution in [0.4, 0.5) is 0 Å². The normalized spacial score (nSPS) is 20.4. The molecule has 0 amide bonds. The van der Waals surface area contributed by atoms with Gasteiger partial charge in [-0.2, -0.15) is 0 Å². The summed E-state index contributed by atoms with van der Waals surface area (Å²) in [5.74, 6) is 0. The Balaban J connectivity index is 1.73.